The van der Waals surface area contributed by atoms with Crippen LogP contribution in [0.15, 0.2) is 28.1 Å². The third-order valence-electron chi connectivity index (χ3n) is 3.40. The molecule has 0 radical (unpaired) electrons. The first-order chi connectivity index (χ1) is 9.95. The van der Waals surface area contributed by atoms with E-state index in [0.29, 0.717) is 23.2 Å². The number of nitrogens with one attached hydrogen (secondary N) is 1. The molecule has 2 aromatic heterocycles. The Kier molecular flexibility index (Phi) is 4.62. The predicted octanol–water partition coefficient (Wildman–Crippen LogP) is 2.15. The van der Waals surface area contributed by atoms with Gasteiger partial charge in [0, 0.05) is 24.8 Å². The molecule has 0 aliphatic carbocycles. The van der Waals surface area contributed by atoms with E-state index in [1.165, 1.54) is 4.68 Å². The summed E-state index contributed by atoms with van der Waals surface area (Å²) in [7, 11) is 1.92. The van der Waals surface area contributed by atoms with Gasteiger partial charge >= 0.3 is 0 Å². The van der Waals surface area contributed by atoms with E-state index in [9.17, 15) is 4.79 Å². The number of allylic oxidation sites excluding steroid dienone is 1. The SMILES string of the molecule is C=CCn1ncc(NCc2c(C)nn(C)c2C)c(Br)c1=O. The minimum absolute atomic E-state index is 0.181. The van der Waals surface area contributed by atoms with E-state index in [0.717, 1.165) is 17.0 Å². The number of aryl methyl sites for hydroxylation is 2. The molecule has 2 rings (SSSR count). The van der Waals surface area contributed by atoms with Gasteiger partial charge in [0.1, 0.15) is 4.47 Å². The number of rotatable bonds is 5. The Morgan fingerprint density at radius 2 is 2.19 bits per heavy atom. The zero-order valence-electron chi connectivity index (χ0n) is 12.4. The summed E-state index contributed by atoms with van der Waals surface area (Å²) in [4.78, 5) is 12.1. The van der Waals surface area contributed by atoms with Crippen molar-refractivity contribution < 1.29 is 0 Å². The van der Waals surface area contributed by atoms with Crippen LogP contribution in [0.3, 0.4) is 0 Å². The van der Waals surface area contributed by atoms with Crippen molar-refractivity contribution in [2.75, 3.05) is 5.32 Å². The molecular formula is C14H18BrN5O. The summed E-state index contributed by atoms with van der Waals surface area (Å²) in [6.45, 7) is 8.58. The third kappa shape index (κ3) is 3.07. The van der Waals surface area contributed by atoms with E-state index < -0.39 is 0 Å². The molecule has 6 nitrogen and oxygen atoms in total. The van der Waals surface area contributed by atoms with E-state index >= 15 is 0 Å². The third-order valence-corrected chi connectivity index (χ3v) is 4.17. The molecule has 112 valence electrons. The van der Waals surface area contributed by atoms with Gasteiger partial charge in [-0.25, -0.2) is 4.68 Å². The van der Waals surface area contributed by atoms with Gasteiger partial charge in [-0.3, -0.25) is 9.48 Å². The number of anilines is 1. The average molecular weight is 352 g/mol. The first-order valence-electron chi connectivity index (χ1n) is 6.55. The summed E-state index contributed by atoms with van der Waals surface area (Å²) in [5.41, 5.74) is 3.69. The Morgan fingerprint density at radius 1 is 1.48 bits per heavy atom. The molecule has 0 saturated heterocycles. The Morgan fingerprint density at radius 3 is 2.76 bits per heavy atom. The van der Waals surface area contributed by atoms with Crippen molar-refractivity contribution >= 4 is 21.6 Å². The van der Waals surface area contributed by atoms with Crippen LogP contribution in [0.1, 0.15) is 17.0 Å². The van der Waals surface area contributed by atoms with E-state index in [1.807, 2.05) is 25.6 Å². The molecule has 0 atom stereocenters. The van der Waals surface area contributed by atoms with Crippen LogP contribution < -0.4 is 10.9 Å². The van der Waals surface area contributed by atoms with Crippen molar-refractivity contribution in [1.82, 2.24) is 19.6 Å². The lowest BCUT2D eigenvalue weighted by Crippen LogP contribution is -2.24. The summed E-state index contributed by atoms with van der Waals surface area (Å²) >= 11 is 3.33. The lowest BCUT2D eigenvalue weighted by atomic mass is 10.2. The largest absolute Gasteiger partial charge is 0.378 e. The van der Waals surface area contributed by atoms with Crippen LogP contribution in [0.5, 0.6) is 0 Å². The summed E-state index contributed by atoms with van der Waals surface area (Å²) in [5, 5.41) is 11.7. The highest BCUT2D eigenvalue weighted by Crippen LogP contribution is 2.19. The van der Waals surface area contributed by atoms with Crippen molar-refractivity contribution in [3.8, 4) is 0 Å². The molecule has 0 spiro atoms. The lowest BCUT2D eigenvalue weighted by molar-refractivity contribution is 0.649. The van der Waals surface area contributed by atoms with Crippen LogP contribution in [0.4, 0.5) is 5.69 Å². The monoisotopic (exact) mass is 351 g/mol. The fraction of sp³-hybridized carbons (Fsp3) is 0.357. The molecule has 0 saturated carbocycles. The molecule has 0 aromatic carbocycles. The van der Waals surface area contributed by atoms with Gasteiger partial charge in [0.15, 0.2) is 0 Å². The molecule has 1 N–H and O–H groups in total. The molecule has 0 fully saturated rings. The molecule has 0 aliphatic rings. The van der Waals surface area contributed by atoms with Crippen LogP contribution in [-0.2, 0) is 20.1 Å². The molecule has 0 aliphatic heterocycles. The summed E-state index contributed by atoms with van der Waals surface area (Å²) in [6, 6.07) is 0. The molecule has 0 unspecified atom stereocenters. The standard InChI is InChI=1S/C14H18BrN5O/c1-5-6-20-14(21)13(15)12(8-17-20)16-7-11-9(2)18-19(4)10(11)3/h5,8,16H,1,6-7H2,2-4H3. The Hall–Kier alpha value is -1.89. The molecule has 0 amide bonds. The fourth-order valence-electron chi connectivity index (χ4n) is 2.10. The van der Waals surface area contributed by atoms with Crippen molar-refractivity contribution in [2.45, 2.75) is 26.9 Å². The summed E-state index contributed by atoms with van der Waals surface area (Å²) in [6.07, 6.45) is 3.27. The van der Waals surface area contributed by atoms with Crippen molar-refractivity contribution in [1.29, 1.82) is 0 Å². The topological polar surface area (TPSA) is 64.7 Å². The van der Waals surface area contributed by atoms with Gasteiger partial charge in [-0.2, -0.15) is 10.2 Å². The van der Waals surface area contributed by atoms with Gasteiger partial charge in [-0.05, 0) is 29.8 Å². The van der Waals surface area contributed by atoms with Crippen molar-refractivity contribution in [3.63, 3.8) is 0 Å². The van der Waals surface area contributed by atoms with Gasteiger partial charge in [0.2, 0.25) is 0 Å². The number of nitrogens with zero attached hydrogens (tertiary/aromatic N) is 4. The van der Waals surface area contributed by atoms with Gasteiger partial charge < -0.3 is 5.32 Å². The van der Waals surface area contributed by atoms with Crippen LogP contribution in [0, 0.1) is 13.8 Å². The van der Waals surface area contributed by atoms with Gasteiger partial charge in [-0.1, -0.05) is 6.08 Å². The minimum atomic E-state index is -0.181. The van der Waals surface area contributed by atoms with E-state index in [4.69, 9.17) is 0 Å². The molecule has 2 heterocycles. The normalized spacial score (nSPS) is 10.7. The maximum absolute atomic E-state index is 12.1. The Balaban J connectivity index is 2.23. The molecule has 0 bridgehead atoms. The molecule has 2 aromatic rings. The smallest absolute Gasteiger partial charge is 0.283 e. The Labute approximate surface area is 131 Å². The first-order valence-corrected chi connectivity index (χ1v) is 7.34. The van der Waals surface area contributed by atoms with Crippen LogP contribution in [-0.4, -0.2) is 19.6 Å². The average Bonchev–Trinajstić information content (AvgIpc) is 2.69. The number of aromatic nitrogens is 4. The van der Waals surface area contributed by atoms with Crippen LogP contribution in [0.25, 0.3) is 0 Å². The summed E-state index contributed by atoms with van der Waals surface area (Å²) in [5.74, 6) is 0. The number of hydrogen-bond acceptors (Lipinski definition) is 4. The maximum atomic E-state index is 12.1. The molecule has 7 heteroatoms. The van der Waals surface area contributed by atoms with Crippen LogP contribution >= 0.6 is 15.9 Å². The zero-order valence-corrected chi connectivity index (χ0v) is 13.9. The first kappa shape index (κ1) is 15.5. The lowest BCUT2D eigenvalue weighted by Gasteiger charge is -2.10. The molecular weight excluding hydrogens is 334 g/mol. The predicted molar refractivity (Wildman–Crippen MR) is 86.4 cm³/mol. The van der Waals surface area contributed by atoms with Crippen molar-refractivity contribution in [2.24, 2.45) is 7.05 Å². The number of hydrogen-bond donors (Lipinski definition) is 1. The van der Waals surface area contributed by atoms with E-state index in [-0.39, 0.29) is 5.56 Å². The minimum Gasteiger partial charge on any atom is -0.378 e. The van der Waals surface area contributed by atoms with Gasteiger partial charge in [0.05, 0.1) is 24.1 Å². The molecule has 21 heavy (non-hydrogen) atoms. The number of halogens is 1. The quantitative estimate of drug-likeness (QED) is 0.838. The second-order valence-electron chi connectivity index (χ2n) is 4.77. The Bertz CT molecular complexity index is 732. The highest BCUT2D eigenvalue weighted by molar-refractivity contribution is 9.10. The highest BCUT2D eigenvalue weighted by atomic mass is 79.9. The van der Waals surface area contributed by atoms with E-state index in [1.54, 1.807) is 12.3 Å². The van der Waals surface area contributed by atoms with Crippen molar-refractivity contribution in [3.05, 3.63) is 50.6 Å². The zero-order chi connectivity index (χ0) is 15.6. The second kappa shape index (κ2) is 6.26. The van der Waals surface area contributed by atoms with Crippen LogP contribution in [0.2, 0.25) is 0 Å². The maximum Gasteiger partial charge on any atom is 0.283 e. The highest BCUT2D eigenvalue weighted by Gasteiger charge is 2.12. The van der Waals surface area contributed by atoms with E-state index in [2.05, 4.69) is 38.0 Å². The summed E-state index contributed by atoms with van der Waals surface area (Å²) < 4.78 is 3.67. The fourth-order valence-corrected chi connectivity index (χ4v) is 2.54. The van der Waals surface area contributed by atoms with Gasteiger partial charge in [-0.15, -0.1) is 6.58 Å². The van der Waals surface area contributed by atoms with Gasteiger partial charge in [0.25, 0.3) is 5.56 Å². The second-order valence-corrected chi connectivity index (χ2v) is 5.57.